The molecule has 0 unspecified atom stereocenters. The van der Waals surface area contributed by atoms with Crippen LogP contribution in [-0.4, -0.2) is 16.6 Å². The first-order chi connectivity index (χ1) is 10.2. The molecule has 0 amide bonds. The molecular formula is C17H12FNO2. The van der Waals surface area contributed by atoms with Gasteiger partial charge in [-0.05, 0) is 23.8 Å². The number of Topliss-reactive ketones (excluding diaryl/α,β-unsaturated/α-hetero) is 1. The molecule has 0 aliphatic carbocycles. The maximum absolute atomic E-state index is 12.9. The monoisotopic (exact) mass is 281 g/mol. The van der Waals surface area contributed by atoms with E-state index in [1.54, 1.807) is 18.3 Å². The second kappa shape index (κ2) is 5.32. The molecule has 0 aliphatic heterocycles. The zero-order valence-electron chi connectivity index (χ0n) is 11.1. The number of para-hydroxylation sites is 1. The highest BCUT2D eigenvalue weighted by atomic mass is 19.1. The average molecular weight is 281 g/mol. The first-order valence-electron chi connectivity index (χ1n) is 6.51. The van der Waals surface area contributed by atoms with Crippen LogP contribution in [0.25, 0.3) is 10.9 Å². The van der Waals surface area contributed by atoms with Crippen LogP contribution in [0, 0.1) is 5.82 Å². The molecule has 0 N–H and O–H groups in total. The van der Waals surface area contributed by atoms with Gasteiger partial charge in [-0.25, -0.2) is 4.39 Å². The van der Waals surface area contributed by atoms with Crippen LogP contribution in [0.4, 0.5) is 4.39 Å². The van der Waals surface area contributed by atoms with Gasteiger partial charge in [0.05, 0.1) is 5.56 Å². The summed E-state index contributed by atoms with van der Waals surface area (Å²) >= 11 is 0. The Morgan fingerprint density at radius 3 is 2.52 bits per heavy atom. The van der Waals surface area contributed by atoms with E-state index in [1.165, 1.54) is 12.1 Å². The normalized spacial score (nSPS) is 10.7. The molecule has 0 spiro atoms. The Morgan fingerprint density at radius 1 is 1.10 bits per heavy atom. The number of ketones is 1. The SMILES string of the molecule is O=CC(=O)c1cn(Cc2ccc(F)cc2)c2ccccc12. The summed E-state index contributed by atoms with van der Waals surface area (Å²) < 4.78 is 14.8. The lowest BCUT2D eigenvalue weighted by atomic mass is 10.1. The smallest absolute Gasteiger partial charge is 0.227 e. The molecule has 0 saturated heterocycles. The van der Waals surface area contributed by atoms with Gasteiger partial charge in [0.25, 0.3) is 0 Å². The van der Waals surface area contributed by atoms with Crippen molar-refractivity contribution in [2.45, 2.75) is 6.54 Å². The van der Waals surface area contributed by atoms with Gasteiger partial charge in [0.2, 0.25) is 5.78 Å². The molecule has 0 aliphatic rings. The van der Waals surface area contributed by atoms with Gasteiger partial charge in [0.1, 0.15) is 5.82 Å². The van der Waals surface area contributed by atoms with Crippen molar-refractivity contribution in [1.29, 1.82) is 0 Å². The molecule has 0 radical (unpaired) electrons. The summed E-state index contributed by atoms with van der Waals surface area (Å²) in [6.07, 6.45) is 1.99. The maximum Gasteiger partial charge on any atom is 0.227 e. The van der Waals surface area contributed by atoms with Gasteiger partial charge in [-0.15, -0.1) is 0 Å². The molecule has 3 aromatic rings. The molecule has 2 aromatic carbocycles. The van der Waals surface area contributed by atoms with Crippen LogP contribution >= 0.6 is 0 Å². The molecule has 4 heteroatoms. The summed E-state index contributed by atoms with van der Waals surface area (Å²) in [7, 11) is 0. The third-order valence-electron chi connectivity index (χ3n) is 3.43. The third kappa shape index (κ3) is 2.48. The Balaban J connectivity index is 2.08. The first kappa shape index (κ1) is 13.2. The fourth-order valence-electron chi connectivity index (χ4n) is 2.42. The van der Waals surface area contributed by atoms with Gasteiger partial charge in [-0.3, -0.25) is 9.59 Å². The molecule has 3 nitrogen and oxygen atoms in total. The van der Waals surface area contributed by atoms with Crippen LogP contribution in [0.2, 0.25) is 0 Å². The van der Waals surface area contributed by atoms with Crippen LogP contribution in [0.5, 0.6) is 0 Å². The Labute approximate surface area is 120 Å². The number of carbonyl (C=O) groups excluding carboxylic acids is 2. The minimum Gasteiger partial charge on any atom is -0.342 e. The van der Waals surface area contributed by atoms with E-state index >= 15 is 0 Å². The standard InChI is InChI=1S/C17H12FNO2/c18-13-7-5-12(6-8-13)9-19-10-15(17(21)11-20)14-3-1-2-4-16(14)19/h1-8,10-11H,9H2. The number of benzene rings is 2. The number of aromatic nitrogens is 1. The second-order valence-corrected chi connectivity index (χ2v) is 4.80. The summed E-state index contributed by atoms with van der Waals surface area (Å²) in [5.41, 5.74) is 2.18. The van der Waals surface area contributed by atoms with Crippen LogP contribution in [-0.2, 0) is 11.3 Å². The van der Waals surface area contributed by atoms with Gasteiger partial charge < -0.3 is 4.57 Å². The fourth-order valence-corrected chi connectivity index (χ4v) is 2.42. The average Bonchev–Trinajstić information content (AvgIpc) is 2.88. The number of hydrogen-bond acceptors (Lipinski definition) is 2. The van der Waals surface area contributed by atoms with Crippen molar-refractivity contribution in [2.75, 3.05) is 0 Å². The summed E-state index contributed by atoms with van der Waals surface area (Å²) in [6.45, 7) is 0.507. The number of aldehydes is 1. The van der Waals surface area contributed by atoms with Crippen molar-refractivity contribution in [2.24, 2.45) is 0 Å². The van der Waals surface area contributed by atoms with Crippen molar-refractivity contribution < 1.29 is 14.0 Å². The zero-order chi connectivity index (χ0) is 14.8. The van der Waals surface area contributed by atoms with Crippen molar-refractivity contribution in [3.8, 4) is 0 Å². The fraction of sp³-hybridized carbons (Fsp3) is 0.0588. The molecule has 0 bridgehead atoms. The predicted octanol–water partition coefficient (Wildman–Crippen LogP) is 3.21. The van der Waals surface area contributed by atoms with Crippen LogP contribution < -0.4 is 0 Å². The van der Waals surface area contributed by atoms with Gasteiger partial charge in [0.15, 0.2) is 6.29 Å². The topological polar surface area (TPSA) is 39.1 Å². The van der Waals surface area contributed by atoms with E-state index in [9.17, 15) is 14.0 Å². The highest BCUT2D eigenvalue weighted by Gasteiger charge is 2.14. The summed E-state index contributed by atoms with van der Waals surface area (Å²) in [5, 5.41) is 0.747. The molecular weight excluding hydrogens is 269 g/mol. The summed E-state index contributed by atoms with van der Waals surface area (Å²) in [5.74, 6) is -0.822. The highest BCUT2D eigenvalue weighted by molar-refractivity contribution is 6.36. The van der Waals surface area contributed by atoms with Crippen LogP contribution in [0.1, 0.15) is 15.9 Å². The van der Waals surface area contributed by atoms with E-state index in [4.69, 9.17) is 0 Å². The molecule has 0 atom stereocenters. The van der Waals surface area contributed by atoms with E-state index in [0.29, 0.717) is 18.4 Å². The van der Waals surface area contributed by atoms with Gasteiger partial charge >= 0.3 is 0 Å². The molecule has 104 valence electrons. The Hall–Kier alpha value is -2.75. The van der Waals surface area contributed by atoms with Crippen molar-refractivity contribution in [3.63, 3.8) is 0 Å². The van der Waals surface area contributed by atoms with Crippen molar-refractivity contribution in [1.82, 2.24) is 4.57 Å². The molecule has 0 fully saturated rings. The summed E-state index contributed by atoms with van der Waals surface area (Å²) in [6, 6.07) is 13.6. The number of halogens is 1. The lowest BCUT2D eigenvalue weighted by Gasteiger charge is -2.05. The number of fused-ring (bicyclic) bond motifs is 1. The molecule has 0 saturated carbocycles. The maximum atomic E-state index is 12.9. The quantitative estimate of drug-likeness (QED) is 0.418. The molecule has 1 heterocycles. The number of hydrogen-bond donors (Lipinski definition) is 0. The van der Waals surface area contributed by atoms with Gasteiger partial charge in [-0.2, -0.15) is 0 Å². The van der Waals surface area contributed by atoms with Gasteiger partial charge in [-0.1, -0.05) is 30.3 Å². The number of nitrogens with zero attached hydrogens (tertiary/aromatic N) is 1. The van der Waals surface area contributed by atoms with Crippen molar-refractivity contribution >= 4 is 23.0 Å². The predicted molar refractivity (Wildman–Crippen MR) is 77.8 cm³/mol. The Morgan fingerprint density at radius 2 is 1.81 bits per heavy atom. The Kier molecular flexibility index (Phi) is 3.36. The van der Waals surface area contributed by atoms with E-state index in [2.05, 4.69) is 0 Å². The van der Waals surface area contributed by atoms with Crippen molar-refractivity contribution in [3.05, 3.63) is 71.7 Å². The molecule has 3 rings (SSSR count). The zero-order valence-corrected chi connectivity index (χ0v) is 11.1. The minimum atomic E-state index is -0.538. The van der Waals surface area contributed by atoms with E-state index < -0.39 is 5.78 Å². The van der Waals surface area contributed by atoms with E-state index in [0.717, 1.165) is 16.5 Å². The summed E-state index contributed by atoms with van der Waals surface area (Å²) in [4.78, 5) is 22.5. The molecule has 21 heavy (non-hydrogen) atoms. The van der Waals surface area contributed by atoms with E-state index in [-0.39, 0.29) is 5.82 Å². The minimum absolute atomic E-state index is 0.284. The van der Waals surface area contributed by atoms with Crippen LogP contribution in [0.3, 0.4) is 0 Å². The lowest BCUT2D eigenvalue weighted by Crippen LogP contribution is -2.00. The second-order valence-electron chi connectivity index (χ2n) is 4.80. The third-order valence-corrected chi connectivity index (χ3v) is 3.43. The largest absolute Gasteiger partial charge is 0.342 e. The number of rotatable bonds is 4. The van der Waals surface area contributed by atoms with Gasteiger partial charge in [0, 0.05) is 23.6 Å². The lowest BCUT2D eigenvalue weighted by molar-refractivity contribution is -0.104. The highest BCUT2D eigenvalue weighted by Crippen LogP contribution is 2.22. The first-order valence-corrected chi connectivity index (χ1v) is 6.51. The van der Waals surface area contributed by atoms with Crippen LogP contribution in [0.15, 0.2) is 54.7 Å². The Bertz CT molecular complexity index is 818. The molecule has 1 aromatic heterocycles. The van der Waals surface area contributed by atoms with E-state index in [1.807, 2.05) is 28.8 Å². The number of carbonyl (C=O) groups is 2.